The van der Waals surface area contributed by atoms with E-state index in [4.69, 9.17) is 4.74 Å². The molecule has 0 atom stereocenters. The first-order valence-corrected chi connectivity index (χ1v) is 7.73. The Hall–Kier alpha value is -0.940. The predicted molar refractivity (Wildman–Crippen MR) is 79.2 cm³/mol. The Morgan fingerprint density at radius 2 is 2.15 bits per heavy atom. The number of ether oxygens (including phenoxy) is 1. The average molecular weight is 344 g/mol. The summed E-state index contributed by atoms with van der Waals surface area (Å²) < 4.78 is 19.7. The number of amides is 1. The van der Waals surface area contributed by atoms with Gasteiger partial charge in [0.2, 0.25) is 0 Å². The van der Waals surface area contributed by atoms with Crippen LogP contribution in [0.2, 0.25) is 0 Å². The molecule has 1 amide bonds. The van der Waals surface area contributed by atoms with Gasteiger partial charge in [0, 0.05) is 30.8 Å². The first-order chi connectivity index (χ1) is 9.63. The fourth-order valence-corrected chi connectivity index (χ4v) is 2.96. The summed E-state index contributed by atoms with van der Waals surface area (Å²) >= 11 is 3.25. The Balaban J connectivity index is 1.98. The van der Waals surface area contributed by atoms with E-state index in [0.29, 0.717) is 23.5 Å². The smallest absolute Gasteiger partial charge is 0.257 e. The molecule has 2 rings (SSSR count). The molecule has 0 radical (unpaired) electrons. The van der Waals surface area contributed by atoms with E-state index in [1.54, 1.807) is 17.0 Å². The Bertz CT molecular complexity index is 453. The van der Waals surface area contributed by atoms with Crippen molar-refractivity contribution in [1.29, 1.82) is 0 Å². The molecule has 20 heavy (non-hydrogen) atoms. The van der Waals surface area contributed by atoms with Gasteiger partial charge in [0.1, 0.15) is 5.82 Å². The number of likely N-dealkylation sites (tertiary alicyclic amines) is 1. The molecule has 1 fully saturated rings. The van der Waals surface area contributed by atoms with Crippen LogP contribution in [0.25, 0.3) is 0 Å². The highest BCUT2D eigenvalue weighted by Crippen LogP contribution is 2.24. The second kappa shape index (κ2) is 7.18. The van der Waals surface area contributed by atoms with Gasteiger partial charge in [-0.1, -0.05) is 6.07 Å². The fraction of sp³-hybridized carbons (Fsp3) is 0.533. The number of piperidine rings is 1. The van der Waals surface area contributed by atoms with Crippen molar-refractivity contribution >= 4 is 21.8 Å². The quantitative estimate of drug-likeness (QED) is 0.837. The van der Waals surface area contributed by atoms with E-state index in [1.165, 1.54) is 6.07 Å². The van der Waals surface area contributed by atoms with Crippen molar-refractivity contribution in [3.63, 3.8) is 0 Å². The number of carbonyl (C=O) groups excluding carboxylic acids is 1. The molecule has 0 N–H and O–H groups in total. The zero-order valence-corrected chi connectivity index (χ0v) is 13.2. The van der Waals surface area contributed by atoms with E-state index in [0.717, 1.165) is 26.1 Å². The monoisotopic (exact) mass is 343 g/mol. The second-order valence-corrected chi connectivity index (χ2v) is 5.85. The molecule has 0 aromatic heterocycles. The highest BCUT2D eigenvalue weighted by Gasteiger charge is 2.26. The number of carbonyl (C=O) groups is 1. The SMILES string of the molecule is CCOCC1CCN(C(=O)c2c(F)cccc2Br)CC1. The standard InChI is InChI=1S/C15H19BrFNO2/c1-2-20-10-11-6-8-18(9-7-11)15(19)14-12(16)4-3-5-13(14)17/h3-5,11H,2,6-10H2,1H3. The first kappa shape index (κ1) is 15.4. The summed E-state index contributed by atoms with van der Waals surface area (Å²) in [5.74, 6) is -0.200. The third-order valence-corrected chi connectivity index (χ3v) is 4.30. The maximum atomic E-state index is 13.8. The van der Waals surface area contributed by atoms with Crippen LogP contribution in [-0.2, 0) is 4.74 Å². The molecule has 0 aliphatic carbocycles. The molecular formula is C15H19BrFNO2. The van der Waals surface area contributed by atoms with E-state index in [2.05, 4.69) is 15.9 Å². The van der Waals surface area contributed by atoms with Crippen molar-refractivity contribution in [3.8, 4) is 0 Å². The summed E-state index contributed by atoms with van der Waals surface area (Å²) in [6, 6.07) is 4.60. The van der Waals surface area contributed by atoms with Crippen molar-refractivity contribution in [1.82, 2.24) is 4.90 Å². The minimum atomic E-state index is -0.471. The summed E-state index contributed by atoms with van der Waals surface area (Å²) in [6.45, 7) is 4.78. The highest BCUT2D eigenvalue weighted by atomic mass is 79.9. The molecule has 0 bridgehead atoms. The molecule has 0 saturated carbocycles. The number of hydrogen-bond acceptors (Lipinski definition) is 2. The van der Waals surface area contributed by atoms with E-state index >= 15 is 0 Å². The van der Waals surface area contributed by atoms with Crippen LogP contribution < -0.4 is 0 Å². The van der Waals surface area contributed by atoms with Gasteiger partial charge in [-0.15, -0.1) is 0 Å². The Morgan fingerprint density at radius 1 is 1.45 bits per heavy atom. The van der Waals surface area contributed by atoms with E-state index in [9.17, 15) is 9.18 Å². The van der Waals surface area contributed by atoms with Crippen LogP contribution in [0.15, 0.2) is 22.7 Å². The summed E-state index contributed by atoms with van der Waals surface area (Å²) in [5, 5.41) is 0. The van der Waals surface area contributed by atoms with Gasteiger partial charge in [-0.05, 0) is 53.7 Å². The molecular weight excluding hydrogens is 325 g/mol. The Labute approximate surface area is 127 Å². The van der Waals surface area contributed by atoms with Crippen molar-refractivity contribution < 1.29 is 13.9 Å². The van der Waals surface area contributed by atoms with Gasteiger partial charge in [-0.25, -0.2) is 4.39 Å². The zero-order valence-electron chi connectivity index (χ0n) is 11.6. The van der Waals surface area contributed by atoms with Crippen LogP contribution in [0.5, 0.6) is 0 Å². The van der Waals surface area contributed by atoms with Crippen LogP contribution in [0.3, 0.4) is 0 Å². The van der Waals surface area contributed by atoms with Gasteiger partial charge in [-0.3, -0.25) is 4.79 Å². The van der Waals surface area contributed by atoms with Crippen molar-refractivity contribution in [2.24, 2.45) is 5.92 Å². The normalized spacial score (nSPS) is 16.4. The molecule has 3 nitrogen and oxygen atoms in total. The lowest BCUT2D eigenvalue weighted by Gasteiger charge is -2.32. The molecule has 5 heteroatoms. The number of rotatable bonds is 4. The number of nitrogens with zero attached hydrogens (tertiary/aromatic N) is 1. The predicted octanol–water partition coefficient (Wildman–Crippen LogP) is 3.48. The summed E-state index contributed by atoms with van der Waals surface area (Å²) in [4.78, 5) is 14.1. The maximum Gasteiger partial charge on any atom is 0.257 e. The van der Waals surface area contributed by atoms with Crippen LogP contribution in [0.4, 0.5) is 4.39 Å². The molecule has 0 unspecified atom stereocenters. The van der Waals surface area contributed by atoms with Crippen LogP contribution >= 0.6 is 15.9 Å². The van der Waals surface area contributed by atoms with Crippen molar-refractivity contribution in [2.75, 3.05) is 26.3 Å². The van der Waals surface area contributed by atoms with E-state index < -0.39 is 5.82 Å². The van der Waals surface area contributed by atoms with Gasteiger partial charge < -0.3 is 9.64 Å². The van der Waals surface area contributed by atoms with Gasteiger partial charge in [0.15, 0.2) is 0 Å². The number of halogens is 2. The summed E-state index contributed by atoms with van der Waals surface area (Å²) in [6.07, 6.45) is 1.83. The molecule has 0 spiro atoms. The molecule has 1 aliphatic rings. The van der Waals surface area contributed by atoms with Gasteiger partial charge in [-0.2, -0.15) is 0 Å². The minimum absolute atomic E-state index is 0.135. The minimum Gasteiger partial charge on any atom is -0.381 e. The van der Waals surface area contributed by atoms with Gasteiger partial charge in [0.05, 0.1) is 5.56 Å². The van der Waals surface area contributed by atoms with Crippen LogP contribution in [0.1, 0.15) is 30.1 Å². The number of hydrogen-bond donors (Lipinski definition) is 0. The fourth-order valence-electron chi connectivity index (χ4n) is 2.45. The topological polar surface area (TPSA) is 29.5 Å². The molecule has 110 valence electrons. The third-order valence-electron chi connectivity index (χ3n) is 3.64. The first-order valence-electron chi connectivity index (χ1n) is 6.94. The van der Waals surface area contributed by atoms with Gasteiger partial charge >= 0.3 is 0 Å². The average Bonchev–Trinajstić information content (AvgIpc) is 2.45. The van der Waals surface area contributed by atoms with Crippen LogP contribution in [0, 0.1) is 11.7 Å². The highest BCUT2D eigenvalue weighted by molar-refractivity contribution is 9.10. The summed E-state index contributed by atoms with van der Waals surface area (Å²) in [5.41, 5.74) is 0.135. The lowest BCUT2D eigenvalue weighted by molar-refractivity contribution is 0.0547. The number of benzene rings is 1. The lowest BCUT2D eigenvalue weighted by Crippen LogP contribution is -2.39. The lowest BCUT2D eigenvalue weighted by atomic mass is 9.97. The molecule has 1 aromatic rings. The van der Waals surface area contributed by atoms with E-state index in [1.807, 2.05) is 6.92 Å². The maximum absolute atomic E-state index is 13.8. The largest absolute Gasteiger partial charge is 0.381 e. The van der Waals surface area contributed by atoms with Crippen LogP contribution in [-0.4, -0.2) is 37.1 Å². The molecule has 1 heterocycles. The van der Waals surface area contributed by atoms with Crippen molar-refractivity contribution in [3.05, 3.63) is 34.1 Å². The third kappa shape index (κ3) is 3.58. The van der Waals surface area contributed by atoms with E-state index in [-0.39, 0.29) is 11.5 Å². The molecule has 1 aromatic carbocycles. The Morgan fingerprint density at radius 3 is 2.75 bits per heavy atom. The zero-order chi connectivity index (χ0) is 14.5. The Kier molecular flexibility index (Phi) is 5.54. The second-order valence-electron chi connectivity index (χ2n) is 4.99. The molecule has 1 aliphatic heterocycles. The molecule has 1 saturated heterocycles. The summed E-state index contributed by atoms with van der Waals surface area (Å²) in [7, 11) is 0. The van der Waals surface area contributed by atoms with Crippen molar-refractivity contribution in [2.45, 2.75) is 19.8 Å². The van der Waals surface area contributed by atoms with Gasteiger partial charge in [0.25, 0.3) is 5.91 Å².